The van der Waals surface area contributed by atoms with Gasteiger partial charge in [-0.2, -0.15) is 0 Å². The number of hydrogen-bond acceptors (Lipinski definition) is 3. The molecule has 0 aliphatic rings. The molecule has 21 heavy (non-hydrogen) atoms. The highest BCUT2D eigenvalue weighted by molar-refractivity contribution is 5.91. The van der Waals surface area contributed by atoms with Crippen molar-refractivity contribution in [2.75, 3.05) is 13.7 Å². The van der Waals surface area contributed by atoms with Gasteiger partial charge < -0.3 is 15.2 Å². The average molecular weight is 287 g/mol. The molecule has 0 amide bonds. The van der Waals surface area contributed by atoms with Gasteiger partial charge in [0.25, 0.3) is 0 Å². The van der Waals surface area contributed by atoms with Crippen LogP contribution in [-0.2, 0) is 6.54 Å². The molecular formula is C18H25NO2. The van der Waals surface area contributed by atoms with Crippen LogP contribution in [0.25, 0.3) is 10.8 Å². The maximum Gasteiger partial charge on any atom is 0.126 e. The van der Waals surface area contributed by atoms with Crippen LogP contribution in [0.4, 0.5) is 0 Å². The second-order valence-corrected chi connectivity index (χ2v) is 5.79. The highest BCUT2D eigenvalue weighted by Crippen LogP contribution is 2.28. The predicted octanol–water partition coefficient (Wildman–Crippen LogP) is 3.35. The Kier molecular flexibility index (Phi) is 5.59. The van der Waals surface area contributed by atoms with E-state index in [4.69, 9.17) is 4.74 Å². The van der Waals surface area contributed by atoms with E-state index in [0.29, 0.717) is 5.92 Å². The molecule has 0 spiro atoms. The van der Waals surface area contributed by atoms with E-state index in [-0.39, 0.29) is 6.10 Å². The number of methoxy groups -OCH3 is 1. The van der Waals surface area contributed by atoms with E-state index in [1.165, 1.54) is 10.9 Å². The van der Waals surface area contributed by atoms with Gasteiger partial charge in [0.15, 0.2) is 0 Å². The Bertz CT molecular complexity index is 580. The van der Waals surface area contributed by atoms with Gasteiger partial charge in [0, 0.05) is 11.9 Å². The second-order valence-electron chi connectivity index (χ2n) is 5.79. The van der Waals surface area contributed by atoms with Crippen LogP contribution in [-0.4, -0.2) is 24.9 Å². The van der Waals surface area contributed by atoms with Gasteiger partial charge in [-0.3, -0.25) is 0 Å². The highest BCUT2D eigenvalue weighted by atomic mass is 16.5. The SMILES string of the molecule is COc1ccc(CNCC(C)CC(C)O)c2ccccc12. The molecule has 0 bridgehead atoms. The van der Waals surface area contributed by atoms with Crippen LogP contribution < -0.4 is 10.1 Å². The zero-order valence-corrected chi connectivity index (χ0v) is 13.1. The summed E-state index contributed by atoms with van der Waals surface area (Å²) in [5.41, 5.74) is 1.27. The third kappa shape index (κ3) is 4.19. The molecule has 2 aromatic rings. The summed E-state index contributed by atoms with van der Waals surface area (Å²) in [7, 11) is 1.71. The maximum atomic E-state index is 9.40. The van der Waals surface area contributed by atoms with Gasteiger partial charge in [-0.25, -0.2) is 0 Å². The van der Waals surface area contributed by atoms with Crippen molar-refractivity contribution < 1.29 is 9.84 Å². The molecular weight excluding hydrogens is 262 g/mol. The van der Waals surface area contributed by atoms with Crippen molar-refractivity contribution >= 4 is 10.8 Å². The van der Waals surface area contributed by atoms with Crippen molar-refractivity contribution in [2.24, 2.45) is 5.92 Å². The smallest absolute Gasteiger partial charge is 0.126 e. The number of aliphatic hydroxyl groups is 1. The van der Waals surface area contributed by atoms with Crippen molar-refractivity contribution in [3.05, 3.63) is 42.0 Å². The Labute approximate surface area is 126 Å². The topological polar surface area (TPSA) is 41.5 Å². The Morgan fingerprint density at radius 3 is 2.48 bits per heavy atom. The van der Waals surface area contributed by atoms with Gasteiger partial charge in [0.05, 0.1) is 13.2 Å². The lowest BCUT2D eigenvalue weighted by Gasteiger charge is -2.15. The quantitative estimate of drug-likeness (QED) is 0.820. The minimum Gasteiger partial charge on any atom is -0.496 e. The van der Waals surface area contributed by atoms with Crippen molar-refractivity contribution in [1.82, 2.24) is 5.32 Å². The third-order valence-corrected chi connectivity index (χ3v) is 3.75. The predicted molar refractivity (Wildman–Crippen MR) is 87.7 cm³/mol. The summed E-state index contributed by atoms with van der Waals surface area (Å²) in [5.74, 6) is 1.38. The summed E-state index contributed by atoms with van der Waals surface area (Å²) in [5, 5.41) is 15.3. The Hall–Kier alpha value is -1.58. The summed E-state index contributed by atoms with van der Waals surface area (Å²) in [6, 6.07) is 12.5. The largest absolute Gasteiger partial charge is 0.496 e. The number of ether oxygens (including phenoxy) is 1. The van der Waals surface area contributed by atoms with E-state index >= 15 is 0 Å². The first-order chi connectivity index (χ1) is 10.1. The maximum absolute atomic E-state index is 9.40. The summed E-state index contributed by atoms with van der Waals surface area (Å²) in [6.45, 7) is 5.74. The van der Waals surface area contributed by atoms with Crippen molar-refractivity contribution in [2.45, 2.75) is 32.9 Å². The minimum atomic E-state index is -0.233. The van der Waals surface area contributed by atoms with Gasteiger partial charge in [-0.05, 0) is 42.8 Å². The lowest BCUT2D eigenvalue weighted by molar-refractivity contribution is 0.163. The zero-order valence-electron chi connectivity index (χ0n) is 13.1. The number of rotatable bonds is 7. The number of nitrogens with one attached hydrogen (secondary N) is 1. The minimum absolute atomic E-state index is 0.233. The molecule has 2 aromatic carbocycles. The molecule has 2 rings (SSSR count). The first-order valence-electron chi connectivity index (χ1n) is 7.55. The number of hydrogen-bond donors (Lipinski definition) is 2. The average Bonchev–Trinajstić information content (AvgIpc) is 2.46. The van der Waals surface area contributed by atoms with E-state index in [9.17, 15) is 5.11 Å². The third-order valence-electron chi connectivity index (χ3n) is 3.75. The standard InChI is InChI=1S/C18H25NO2/c1-13(10-14(2)20)11-19-12-15-8-9-18(21-3)17-7-5-4-6-16(15)17/h4-9,13-14,19-20H,10-12H2,1-3H3. The zero-order chi connectivity index (χ0) is 15.2. The molecule has 0 heterocycles. The summed E-state index contributed by atoms with van der Waals surface area (Å²) < 4.78 is 5.42. The fraction of sp³-hybridized carbons (Fsp3) is 0.444. The van der Waals surface area contributed by atoms with E-state index < -0.39 is 0 Å². The van der Waals surface area contributed by atoms with Crippen LogP contribution in [0.15, 0.2) is 36.4 Å². The number of aliphatic hydroxyl groups excluding tert-OH is 1. The van der Waals surface area contributed by atoms with E-state index in [1.54, 1.807) is 7.11 Å². The molecule has 2 unspecified atom stereocenters. The van der Waals surface area contributed by atoms with Crippen LogP contribution in [0.1, 0.15) is 25.8 Å². The monoisotopic (exact) mass is 287 g/mol. The van der Waals surface area contributed by atoms with Crippen LogP contribution in [0.5, 0.6) is 5.75 Å². The van der Waals surface area contributed by atoms with Crippen molar-refractivity contribution in [1.29, 1.82) is 0 Å². The lowest BCUT2D eigenvalue weighted by atomic mass is 10.0. The summed E-state index contributed by atoms with van der Waals surface area (Å²) in [6.07, 6.45) is 0.597. The van der Waals surface area contributed by atoms with Gasteiger partial charge >= 0.3 is 0 Å². The first kappa shape index (κ1) is 15.8. The van der Waals surface area contributed by atoms with E-state index in [2.05, 4.69) is 36.5 Å². The molecule has 0 saturated carbocycles. The summed E-state index contributed by atoms with van der Waals surface area (Å²) >= 11 is 0. The summed E-state index contributed by atoms with van der Waals surface area (Å²) in [4.78, 5) is 0. The molecule has 114 valence electrons. The van der Waals surface area contributed by atoms with Gasteiger partial charge in [0.1, 0.15) is 5.75 Å². The number of fused-ring (bicyclic) bond motifs is 1. The van der Waals surface area contributed by atoms with Crippen LogP contribution >= 0.6 is 0 Å². The lowest BCUT2D eigenvalue weighted by Crippen LogP contribution is -2.23. The van der Waals surface area contributed by atoms with Gasteiger partial charge in [0.2, 0.25) is 0 Å². The molecule has 0 radical (unpaired) electrons. The Morgan fingerprint density at radius 1 is 1.10 bits per heavy atom. The molecule has 3 heteroatoms. The fourth-order valence-corrected chi connectivity index (χ4v) is 2.78. The normalized spacial score (nSPS) is 14.1. The molecule has 3 nitrogen and oxygen atoms in total. The van der Waals surface area contributed by atoms with Gasteiger partial charge in [-0.15, -0.1) is 0 Å². The molecule has 0 aliphatic heterocycles. The highest BCUT2D eigenvalue weighted by Gasteiger charge is 2.08. The molecule has 2 N–H and O–H groups in total. The van der Waals surface area contributed by atoms with E-state index in [1.807, 2.05) is 19.1 Å². The first-order valence-corrected chi connectivity index (χ1v) is 7.55. The Morgan fingerprint density at radius 2 is 1.81 bits per heavy atom. The molecule has 0 fully saturated rings. The molecule has 0 aromatic heterocycles. The molecule has 0 saturated heterocycles. The van der Waals surface area contributed by atoms with Crippen molar-refractivity contribution in [3.63, 3.8) is 0 Å². The molecule has 2 atom stereocenters. The van der Waals surface area contributed by atoms with Crippen molar-refractivity contribution in [3.8, 4) is 5.75 Å². The van der Waals surface area contributed by atoms with Gasteiger partial charge in [-0.1, -0.05) is 37.3 Å². The Balaban J connectivity index is 2.06. The van der Waals surface area contributed by atoms with E-state index in [0.717, 1.165) is 30.6 Å². The van der Waals surface area contributed by atoms with Crippen LogP contribution in [0.3, 0.4) is 0 Å². The second kappa shape index (κ2) is 7.43. The van der Waals surface area contributed by atoms with Crippen LogP contribution in [0, 0.1) is 5.92 Å². The number of benzene rings is 2. The van der Waals surface area contributed by atoms with Crippen LogP contribution in [0.2, 0.25) is 0 Å². The fourth-order valence-electron chi connectivity index (χ4n) is 2.78. The molecule has 0 aliphatic carbocycles.